The standard InChI is InChI=1S/C35H22F6N4S5/c1-16-17(2)29(48-25(16)10-19(12-42)13-43)21-6-8-23(46-21)31-27(34(36,37)38)28(35(39,40)41)32(50-31)24-9-7-22(47-24)30-18(3)33(4,5)26(49-30)11-20(14-44)15-45/h6-11,26H,1-5H3. The van der Waals surface area contributed by atoms with Crippen LogP contribution in [0.4, 0.5) is 26.3 Å². The molecule has 5 heterocycles. The molecule has 1 unspecified atom stereocenters. The highest BCUT2D eigenvalue weighted by molar-refractivity contribution is 8.09. The predicted molar refractivity (Wildman–Crippen MR) is 190 cm³/mol. The minimum atomic E-state index is -5.32. The van der Waals surface area contributed by atoms with E-state index in [-0.39, 0.29) is 26.2 Å². The second-order valence-corrected chi connectivity index (χ2v) is 17.1. The molecule has 0 amide bonds. The van der Waals surface area contributed by atoms with Crippen LogP contribution in [-0.4, -0.2) is 5.25 Å². The highest BCUT2D eigenvalue weighted by Gasteiger charge is 2.49. The summed E-state index contributed by atoms with van der Waals surface area (Å²) in [6.07, 6.45) is -7.65. The van der Waals surface area contributed by atoms with Crippen molar-refractivity contribution in [1.82, 2.24) is 0 Å². The first-order valence-electron chi connectivity index (χ1n) is 14.4. The molecular weight excluding hydrogens is 751 g/mol. The monoisotopic (exact) mass is 772 g/mol. The van der Waals surface area contributed by atoms with Crippen LogP contribution >= 0.6 is 57.1 Å². The Morgan fingerprint density at radius 2 is 1.12 bits per heavy atom. The molecule has 1 aliphatic heterocycles. The molecule has 1 atom stereocenters. The van der Waals surface area contributed by atoms with Gasteiger partial charge in [0, 0.05) is 44.8 Å². The number of hydrogen-bond acceptors (Lipinski definition) is 9. The SMILES string of the molecule is CC1=C(c2ccc(-c3sc(-c4ccc(-c5sc(C=C(C#N)C#N)c(C)c5C)s4)c(C(F)(F)F)c3C(F)(F)F)s2)SC(C=C(C#N)C#N)C1(C)C. The molecule has 4 nitrogen and oxygen atoms in total. The Morgan fingerprint density at radius 1 is 0.660 bits per heavy atom. The van der Waals surface area contributed by atoms with Gasteiger partial charge in [-0.25, -0.2) is 0 Å². The molecule has 0 fully saturated rings. The molecule has 0 spiro atoms. The fourth-order valence-corrected chi connectivity index (χ4v) is 12.1. The summed E-state index contributed by atoms with van der Waals surface area (Å²) in [6, 6.07) is 13.2. The zero-order valence-corrected chi connectivity index (χ0v) is 30.7. The summed E-state index contributed by atoms with van der Waals surface area (Å²) in [4.78, 5) is 2.14. The number of alkyl halides is 6. The quantitative estimate of drug-likeness (QED) is 0.144. The predicted octanol–water partition coefficient (Wildman–Crippen LogP) is 12.9. The Balaban J connectivity index is 1.63. The van der Waals surface area contributed by atoms with Crippen LogP contribution in [0.15, 0.2) is 47.1 Å². The van der Waals surface area contributed by atoms with E-state index in [1.807, 2.05) is 32.9 Å². The van der Waals surface area contributed by atoms with E-state index < -0.39 is 38.6 Å². The molecule has 0 aromatic carbocycles. The van der Waals surface area contributed by atoms with Crippen molar-refractivity contribution in [2.24, 2.45) is 5.41 Å². The Morgan fingerprint density at radius 3 is 1.60 bits per heavy atom. The number of allylic oxidation sites excluding steroid dienone is 3. The first-order chi connectivity index (χ1) is 23.4. The lowest BCUT2D eigenvalue weighted by atomic mass is 9.81. The number of thioether (sulfide) groups is 1. The maximum atomic E-state index is 14.7. The first-order valence-corrected chi connectivity index (χ1v) is 18.6. The van der Waals surface area contributed by atoms with Crippen molar-refractivity contribution in [3.05, 3.63) is 79.1 Å². The topological polar surface area (TPSA) is 95.2 Å². The second-order valence-electron chi connectivity index (χ2n) is 11.7. The molecular formula is C35H22F6N4S5. The summed E-state index contributed by atoms with van der Waals surface area (Å²) in [7, 11) is 0. The third-order valence-corrected chi connectivity index (χ3v) is 15.5. The molecule has 1 aliphatic rings. The average Bonchev–Trinajstić information content (AvgIpc) is 3.87. The van der Waals surface area contributed by atoms with E-state index in [0.29, 0.717) is 30.8 Å². The van der Waals surface area contributed by atoms with Crippen molar-refractivity contribution in [2.75, 3.05) is 0 Å². The van der Waals surface area contributed by atoms with Crippen LogP contribution in [0.25, 0.3) is 40.2 Å². The van der Waals surface area contributed by atoms with E-state index >= 15 is 0 Å². The summed E-state index contributed by atoms with van der Waals surface area (Å²) < 4.78 is 88.1. The highest BCUT2D eigenvalue weighted by Crippen LogP contribution is 2.59. The Labute approximate surface area is 304 Å². The van der Waals surface area contributed by atoms with Gasteiger partial charge in [-0.1, -0.05) is 19.4 Å². The summed E-state index contributed by atoms with van der Waals surface area (Å²) in [6.45, 7) is 9.29. The molecule has 0 saturated carbocycles. The zero-order chi connectivity index (χ0) is 36.9. The summed E-state index contributed by atoms with van der Waals surface area (Å²) in [5, 5.41) is 36.6. The van der Waals surface area contributed by atoms with Crippen molar-refractivity contribution >= 4 is 68.1 Å². The van der Waals surface area contributed by atoms with E-state index in [4.69, 9.17) is 0 Å². The number of nitrogens with zero attached hydrogens (tertiary/aromatic N) is 4. The second kappa shape index (κ2) is 13.6. The third kappa shape index (κ3) is 6.69. The third-order valence-electron chi connectivity index (χ3n) is 8.41. The van der Waals surface area contributed by atoms with Crippen LogP contribution in [0.3, 0.4) is 0 Å². The van der Waals surface area contributed by atoms with Crippen LogP contribution in [0.2, 0.25) is 0 Å². The van der Waals surface area contributed by atoms with E-state index in [1.54, 1.807) is 44.2 Å². The van der Waals surface area contributed by atoms with Crippen LogP contribution in [0.1, 0.15) is 52.8 Å². The van der Waals surface area contributed by atoms with Gasteiger partial charge in [-0.05, 0) is 68.3 Å². The number of halogens is 6. The zero-order valence-electron chi connectivity index (χ0n) is 26.6. The van der Waals surface area contributed by atoms with Gasteiger partial charge in [0.1, 0.15) is 35.4 Å². The number of nitriles is 4. The minimum absolute atomic E-state index is 0.0233. The lowest BCUT2D eigenvalue weighted by Gasteiger charge is -2.25. The highest BCUT2D eigenvalue weighted by atomic mass is 32.2. The Bertz CT molecular complexity index is 2260. The number of hydrogen-bond donors (Lipinski definition) is 0. The molecule has 0 bridgehead atoms. The molecule has 4 aromatic rings. The molecule has 0 N–H and O–H groups in total. The lowest BCUT2D eigenvalue weighted by Crippen LogP contribution is -2.22. The van der Waals surface area contributed by atoms with Crippen molar-refractivity contribution in [3.63, 3.8) is 0 Å². The van der Waals surface area contributed by atoms with Gasteiger partial charge in [0.15, 0.2) is 0 Å². The smallest absolute Gasteiger partial charge is 0.192 e. The molecule has 5 rings (SSSR count). The fourth-order valence-electron chi connectivity index (χ4n) is 5.30. The van der Waals surface area contributed by atoms with Gasteiger partial charge >= 0.3 is 12.4 Å². The molecule has 254 valence electrons. The van der Waals surface area contributed by atoms with Crippen molar-refractivity contribution in [1.29, 1.82) is 21.0 Å². The van der Waals surface area contributed by atoms with Gasteiger partial charge in [-0.2, -0.15) is 47.4 Å². The largest absolute Gasteiger partial charge is 0.418 e. The minimum Gasteiger partial charge on any atom is -0.192 e. The molecule has 15 heteroatoms. The van der Waals surface area contributed by atoms with Crippen molar-refractivity contribution in [3.8, 4) is 53.5 Å². The van der Waals surface area contributed by atoms with Crippen molar-refractivity contribution in [2.45, 2.75) is 52.2 Å². The van der Waals surface area contributed by atoms with E-state index in [9.17, 15) is 47.4 Å². The Kier molecular flexibility index (Phi) is 10.1. The summed E-state index contributed by atoms with van der Waals surface area (Å²) >= 11 is 4.95. The van der Waals surface area contributed by atoms with Gasteiger partial charge in [0.2, 0.25) is 0 Å². The normalized spacial score (nSPS) is 15.6. The van der Waals surface area contributed by atoms with Gasteiger partial charge in [-0.15, -0.1) is 57.1 Å². The number of thiophene rings is 4. The molecule has 4 aromatic heterocycles. The molecule has 0 aliphatic carbocycles. The maximum absolute atomic E-state index is 14.7. The molecule has 0 radical (unpaired) electrons. The molecule has 0 saturated heterocycles. The van der Waals surface area contributed by atoms with Crippen LogP contribution in [0, 0.1) is 64.6 Å². The van der Waals surface area contributed by atoms with E-state index in [2.05, 4.69) is 0 Å². The van der Waals surface area contributed by atoms with Crippen LogP contribution < -0.4 is 0 Å². The van der Waals surface area contributed by atoms with Gasteiger partial charge in [0.05, 0.1) is 20.9 Å². The summed E-state index contributed by atoms with van der Waals surface area (Å²) in [5.74, 6) is 0. The van der Waals surface area contributed by atoms with Crippen LogP contribution in [-0.2, 0) is 12.4 Å². The van der Waals surface area contributed by atoms with E-state index in [0.717, 1.165) is 44.3 Å². The maximum Gasteiger partial charge on any atom is 0.418 e. The van der Waals surface area contributed by atoms with Gasteiger partial charge < -0.3 is 0 Å². The van der Waals surface area contributed by atoms with E-state index in [1.165, 1.54) is 41.3 Å². The lowest BCUT2D eigenvalue weighted by molar-refractivity contribution is -0.160. The van der Waals surface area contributed by atoms with Gasteiger partial charge in [-0.3, -0.25) is 0 Å². The average molecular weight is 773 g/mol. The number of rotatable bonds is 6. The Hall–Kier alpha value is -4.09. The van der Waals surface area contributed by atoms with Crippen LogP contribution in [0.5, 0.6) is 0 Å². The molecule has 50 heavy (non-hydrogen) atoms. The van der Waals surface area contributed by atoms with Gasteiger partial charge in [0.25, 0.3) is 0 Å². The first kappa shape index (κ1) is 37.2. The summed E-state index contributed by atoms with van der Waals surface area (Å²) in [5.41, 5.74) is -1.73. The fraction of sp³-hybridized carbons (Fsp3) is 0.257. The van der Waals surface area contributed by atoms with Crippen molar-refractivity contribution < 1.29 is 26.3 Å².